The van der Waals surface area contributed by atoms with Gasteiger partial charge in [0.15, 0.2) is 5.78 Å². The normalized spacial score (nSPS) is 19.7. The molecule has 160 valence electrons. The number of benzene rings is 1. The molecule has 1 aromatic carbocycles. The highest BCUT2D eigenvalue weighted by Crippen LogP contribution is 2.40. The fourth-order valence-corrected chi connectivity index (χ4v) is 3.96. The first-order valence-electron chi connectivity index (χ1n) is 10.1. The van der Waals surface area contributed by atoms with E-state index in [9.17, 15) is 19.5 Å². The number of Topliss-reactive ketones (excluding diaryl/α,β-unsaturated/α-hetero) is 1. The van der Waals surface area contributed by atoms with Crippen molar-refractivity contribution in [1.82, 2.24) is 0 Å². The van der Waals surface area contributed by atoms with E-state index in [1.807, 2.05) is 0 Å². The number of hydrogen-bond acceptors (Lipinski definition) is 7. The van der Waals surface area contributed by atoms with E-state index in [0.717, 1.165) is 12.8 Å². The molecule has 1 N–H and O–H groups in total. The van der Waals surface area contributed by atoms with Crippen LogP contribution in [0.5, 0.6) is 5.75 Å². The average molecular weight is 406 g/mol. The summed E-state index contributed by atoms with van der Waals surface area (Å²) < 4.78 is 15.2. The van der Waals surface area contributed by atoms with Crippen LogP contribution in [0.4, 0.5) is 0 Å². The van der Waals surface area contributed by atoms with Gasteiger partial charge in [0.2, 0.25) is 0 Å². The van der Waals surface area contributed by atoms with E-state index in [1.165, 1.54) is 7.11 Å². The average Bonchev–Trinajstić information content (AvgIpc) is 2.99. The van der Waals surface area contributed by atoms with Crippen molar-refractivity contribution in [2.75, 3.05) is 20.3 Å². The van der Waals surface area contributed by atoms with Gasteiger partial charge in [-0.1, -0.05) is 19.3 Å². The summed E-state index contributed by atoms with van der Waals surface area (Å²) in [5.74, 6) is -3.33. The van der Waals surface area contributed by atoms with Crippen molar-refractivity contribution < 1.29 is 33.7 Å². The summed E-state index contributed by atoms with van der Waals surface area (Å²) in [6.07, 6.45) is 3.13. The zero-order valence-electron chi connectivity index (χ0n) is 17.3. The lowest BCUT2D eigenvalue weighted by molar-refractivity contribution is -0.192. The number of rotatable bonds is 8. The van der Waals surface area contributed by atoms with E-state index in [2.05, 4.69) is 0 Å². The van der Waals surface area contributed by atoms with Crippen LogP contribution >= 0.6 is 0 Å². The molecular weight excluding hydrogens is 376 g/mol. The van der Waals surface area contributed by atoms with Gasteiger partial charge in [0.05, 0.1) is 20.3 Å². The number of methoxy groups -OCH3 is 1. The van der Waals surface area contributed by atoms with Gasteiger partial charge >= 0.3 is 11.9 Å². The highest BCUT2D eigenvalue weighted by molar-refractivity contribution is 6.05. The molecule has 0 saturated heterocycles. The first kappa shape index (κ1) is 22.9. The molecule has 29 heavy (non-hydrogen) atoms. The summed E-state index contributed by atoms with van der Waals surface area (Å²) >= 11 is 0. The van der Waals surface area contributed by atoms with Crippen LogP contribution in [0.2, 0.25) is 0 Å². The molecule has 1 aliphatic carbocycles. The Morgan fingerprint density at radius 2 is 1.52 bits per heavy atom. The Balaban J connectivity index is 2.45. The topological polar surface area (TPSA) is 99.1 Å². The first-order chi connectivity index (χ1) is 13.9. The van der Waals surface area contributed by atoms with Gasteiger partial charge in [-0.3, -0.25) is 4.79 Å². The summed E-state index contributed by atoms with van der Waals surface area (Å²) in [6, 6.07) is 6.66. The number of aliphatic hydroxyl groups is 1. The Labute approximate surface area is 171 Å². The molecule has 0 bridgehead atoms. The number of ether oxygens (including phenoxy) is 3. The van der Waals surface area contributed by atoms with Gasteiger partial charge in [0, 0.05) is 17.4 Å². The quantitative estimate of drug-likeness (QED) is 0.307. The van der Waals surface area contributed by atoms with Crippen LogP contribution in [0.15, 0.2) is 24.3 Å². The number of carbonyl (C=O) groups is 3. The molecule has 0 heterocycles. The number of carbonyl (C=O) groups excluding carboxylic acids is 3. The molecule has 1 saturated carbocycles. The Morgan fingerprint density at radius 3 is 2.03 bits per heavy atom. The summed E-state index contributed by atoms with van der Waals surface area (Å²) in [7, 11) is 1.54. The highest BCUT2D eigenvalue weighted by atomic mass is 16.6. The molecule has 0 spiro atoms. The molecule has 0 aliphatic heterocycles. The van der Waals surface area contributed by atoms with E-state index < -0.39 is 29.4 Å². The van der Waals surface area contributed by atoms with Gasteiger partial charge in [-0.2, -0.15) is 0 Å². The highest BCUT2D eigenvalue weighted by Gasteiger charge is 2.57. The first-order valence-corrected chi connectivity index (χ1v) is 10.1. The van der Waals surface area contributed by atoms with Gasteiger partial charge in [-0.25, -0.2) is 9.59 Å². The van der Waals surface area contributed by atoms with Gasteiger partial charge in [0.1, 0.15) is 5.75 Å². The van der Waals surface area contributed by atoms with E-state index in [4.69, 9.17) is 14.2 Å². The molecule has 1 fully saturated rings. The number of ketones is 1. The zero-order valence-corrected chi connectivity index (χ0v) is 17.3. The van der Waals surface area contributed by atoms with Crippen LogP contribution in [0.1, 0.15) is 56.3 Å². The Kier molecular flexibility index (Phi) is 8.20. The van der Waals surface area contributed by atoms with Crippen LogP contribution < -0.4 is 4.74 Å². The van der Waals surface area contributed by atoms with Gasteiger partial charge in [-0.05, 0) is 51.0 Å². The van der Waals surface area contributed by atoms with Crippen LogP contribution in [0, 0.1) is 11.8 Å². The van der Waals surface area contributed by atoms with Crippen molar-refractivity contribution in [2.24, 2.45) is 11.8 Å². The molecule has 0 amide bonds. The van der Waals surface area contributed by atoms with E-state index in [0.29, 0.717) is 30.6 Å². The maximum Gasteiger partial charge on any atom is 0.350 e. The lowest BCUT2D eigenvalue weighted by atomic mass is 9.72. The molecule has 2 rings (SSSR count). The maximum absolute atomic E-state index is 13.3. The summed E-state index contributed by atoms with van der Waals surface area (Å²) in [4.78, 5) is 38.7. The van der Waals surface area contributed by atoms with Crippen molar-refractivity contribution in [3.05, 3.63) is 29.8 Å². The summed E-state index contributed by atoms with van der Waals surface area (Å²) in [5.41, 5.74) is -2.07. The summed E-state index contributed by atoms with van der Waals surface area (Å²) in [5, 5.41) is 11.3. The van der Waals surface area contributed by atoms with E-state index >= 15 is 0 Å². The molecule has 1 aromatic rings. The molecule has 0 radical (unpaired) electrons. The van der Waals surface area contributed by atoms with Crippen LogP contribution in [-0.4, -0.2) is 48.8 Å². The minimum atomic E-state index is -2.51. The smallest absolute Gasteiger partial charge is 0.350 e. The van der Waals surface area contributed by atoms with Gasteiger partial charge in [-0.15, -0.1) is 0 Å². The Hall–Kier alpha value is -2.41. The number of hydrogen-bond donors (Lipinski definition) is 1. The largest absolute Gasteiger partial charge is 0.497 e. The van der Waals surface area contributed by atoms with E-state index in [1.54, 1.807) is 38.1 Å². The molecule has 0 unspecified atom stereocenters. The van der Waals surface area contributed by atoms with E-state index in [-0.39, 0.29) is 19.0 Å². The van der Waals surface area contributed by atoms with Crippen molar-refractivity contribution in [3.8, 4) is 5.75 Å². The third-order valence-electron chi connectivity index (χ3n) is 5.44. The molecule has 7 heteroatoms. The van der Waals surface area contributed by atoms with Crippen LogP contribution in [0.25, 0.3) is 0 Å². The van der Waals surface area contributed by atoms with Crippen molar-refractivity contribution in [3.63, 3.8) is 0 Å². The fraction of sp³-hybridized carbons (Fsp3) is 0.591. The molecule has 7 nitrogen and oxygen atoms in total. The second kappa shape index (κ2) is 10.4. The van der Waals surface area contributed by atoms with Crippen molar-refractivity contribution >= 4 is 17.7 Å². The standard InChI is InChI=1S/C22H30O7/c1-4-28-20(24)22(26,21(25)29-5-2)18-10-8-6-7-9-17(18)19(23)15-11-13-16(27-3)14-12-15/h11-14,17-18,26H,4-10H2,1-3H3/t17-,18-/m0/s1. The number of esters is 2. The second-order valence-electron chi connectivity index (χ2n) is 7.15. The predicted molar refractivity (Wildman–Crippen MR) is 106 cm³/mol. The molecular formula is C22H30O7. The third kappa shape index (κ3) is 4.96. The predicted octanol–water partition coefficient (Wildman–Crippen LogP) is 2.93. The monoisotopic (exact) mass is 406 g/mol. The molecule has 2 atom stereocenters. The molecule has 0 aromatic heterocycles. The maximum atomic E-state index is 13.3. The van der Waals surface area contributed by atoms with Crippen LogP contribution in [0.3, 0.4) is 0 Å². The lowest BCUT2D eigenvalue weighted by Gasteiger charge is -2.35. The van der Waals surface area contributed by atoms with Crippen LogP contribution in [-0.2, 0) is 19.1 Å². The lowest BCUT2D eigenvalue weighted by Crippen LogP contribution is -2.57. The van der Waals surface area contributed by atoms with Gasteiger partial charge < -0.3 is 19.3 Å². The minimum absolute atomic E-state index is 0.00433. The van der Waals surface area contributed by atoms with Crippen molar-refractivity contribution in [1.29, 1.82) is 0 Å². The SMILES string of the molecule is CCOC(=O)C(O)(C(=O)OCC)[C@H]1CCCCC[C@@H]1C(=O)c1ccc(OC)cc1. The summed E-state index contributed by atoms with van der Waals surface area (Å²) in [6.45, 7) is 3.20. The Morgan fingerprint density at radius 1 is 0.966 bits per heavy atom. The zero-order chi connectivity index (χ0) is 21.4. The Bertz CT molecular complexity index is 692. The van der Waals surface area contributed by atoms with Gasteiger partial charge in [0.25, 0.3) is 5.60 Å². The minimum Gasteiger partial charge on any atom is -0.497 e. The fourth-order valence-electron chi connectivity index (χ4n) is 3.96. The third-order valence-corrected chi connectivity index (χ3v) is 5.44. The second-order valence-corrected chi connectivity index (χ2v) is 7.15. The van der Waals surface area contributed by atoms with Crippen molar-refractivity contribution in [2.45, 2.75) is 51.6 Å². The molecule has 1 aliphatic rings.